The highest BCUT2D eigenvalue weighted by Gasteiger charge is 2.56. The molecule has 3 aliphatic rings. The molecule has 1 saturated carbocycles. The minimum absolute atomic E-state index is 0.0355. The Morgan fingerprint density at radius 1 is 1.07 bits per heavy atom. The third-order valence-electron chi connectivity index (χ3n) is 8.77. The average Bonchev–Trinajstić information content (AvgIpc) is 2.91. The molecule has 0 saturated heterocycles. The summed E-state index contributed by atoms with van der Waals surface area (Å²) in [6.45, 7) is -0.862. The van der Waals surface area contributed by atoms with Crippen molar-refractivity contribution in [3.05, 3.63) is 69.5 Å². The molecule has 0 radical (unpaired) electrons. The topological polar surface area (TPSA) is 153 Å². The number of aliphatic hydroxyl groups excluding tert-OH is 2. The van der Waals surface area contributed by atoms with Gasteiger partial charge in [-0.1, -0.05) is 0 Å². The summed E-state index contributed by atoms with van der Waals surface area (Å²) in [6.07, 6.45) is -5.64. The molecule has 0 heterocycles. The summed E-state index contributed by atoms with van der Waals surface area (Å²) in [6, 6.07) is 3.15. The smallest absolute Gasteiger partial charge is 0.390 e. The number of hydrogen-bond acceptors (Lipinski definition) is 8. The lowest BCUT2D eigenvalue weighted by Gasteiger charge is -2.46. The van der Waals surface area contributed by atoms with Crippen molar-refractivity contribution in [2.45, 2.75) is 38.0 Å². The Labute approximate surface area is 253 Å². The van der Waals surface area contributed by atoms with Gasteiger partial charge in [-0.25, -0.2) is 8.78 Å². The maximum absolute atomic E-state index is 15.1. The van der Waals surface area contributed by atoms with Gasteiger partial charge in [0.1, 0.15) is 34.5 Å². The number of halogens is 5. The van der Waals surface area contributed by atoms with Crippen LogP contribution in [0.15, 0.2) is 41.2 Å². The fourth-order valence-electron chi connectivity index (χ4n) is 6.93. The van der Waals surface area contributed by atoms with Crippen molar-refractivity contribution in [1.29, 1.82) is 0 Å². The van der Waals surface area contributed by atoms with Crippen LogP contribution in [0.25, 0.3) is 16.9 Å². The zero-order valence-electron chi connectivity index (χ0n) is 24.1. The number of alkyl halides is 3. The molecule has 3 aliphatic carbocycles. The van der Waals surface area contributed by atoms with Crippen molar-refractivity contribution in [2.24, 2.45) is 23.5 Å². The van der Waals surface area contributed by atoms with Crippen LogP contribution in [0.2, 0.25) is 0 Å². The van der Waals surface area contributed by atoms with Gasteiger partial charge < -0.3 is 26.4 Å². The summed E-state index contributed by atoms with van der Waals surface area (Å²) < 4.78 is 67.0. The first-order valence-corrected chi connectivity index (χ1v) is 14.0. The third kappa shape index (κ3) is 5.56. The first-order valence-electron chi connectivity index (χ1n) is 14.0. The molecule has 45 heavy (non-hydrogen) atoms. The molecule has 3 unspecified atom stereocenters. The van der Waals surface area contributed by atoms with E-state index >= 15 is 4.39 Å². The average molecular weight is 636 g/mol. The summed E-state index contributed by atoms with van der Waals surface area (Å²) in [5.41, 5.74) is 4.31. The van der Waals surface area contributed by atoms with Gasteiger partial charge in [-0.15, -0.1) is 0 Å². The number of nitrogens with two attached hydrogens (primary N) is 1. The lowest BCUT2D eigenvalue weighted by molar-refractivity contribution is -0.137. The maximum atomic E-state index is 15.1. The molecule has 240 valence electrons. The Kier molecular flexibility index (Phi) is 8.25. The van der Waals surface area contributed by atoms with Crippen LogP contribution in [0, 0.1) is 29.4 Å². The number of aliphatic hydroxyl groups is 2. The molecule has 1 amide bonds. The van der Waals surface area contributed by atoms with E-state index in [0.29, 0.717) is 6.07 Å². The standard InChI is InChI=1S/C31H30F5N3O6/c1-39(2)24-18-8-12-7-17-16(15-4-3-14(32)10-19(15)33)9-13(11-38-6-5-31(34,35)36)25(40)21(17)26(41)20(12)27(42)22(18)28(43)23(29(24)44)30(37)45/h3-4,9-10,12,18,22,24,38,40-41,44H,5-8,11H2,1-2H3,(H2,37,45)/t12?,18?,22?,24-/m0/s1. The van der Waals surface area contributed by atoms with E-state index in [1.807, 2.05) is 0 Å². The van der Waals surface area contributed by atoms with Crippen LogP contribution in [-0.4, -0.2) is 70.6 Å². The second-order valence-electron chi connectivity index (χ2n) is 11.8. The quantitative estimate of drug-likeness (QED) is 0.133. The summed E-state index contributed by atoms with van der Waals surface area (Å²) >= 11 is 0. The Hall–Kier alpha value is -4.30. The van der Waals surface area contributed by atoms with Crippen molar-refractivity contribution < 1.29 is 51.7 Å². The molecular formula is C31H30F5N3O6. The number of likely N-dealkylation sites (N-methyl/N-ethyl adjacent to an activating group) is 1. The fraction of sp³-hybridized carbons (Fsp3) is 0.387. The van der Waals surface area contributed by atoms with Gasteiger partial charge >= 0.3 is 6.18 Å². The van der Waals surface area contributed by atoms with Gasteiger partial charge in [0.15, 0.2) is 11.6 Å². The minimum Gasteiger partial charge on any atom is -0.510 e. The molecule has 9 nitrogen and oxygen atoms in total. The number of nitrogens with one attached hydrogen (secondary N) is 1. The van der Waals surface area contributed by atoms with Crippen LogP contribution >= 0.6 is 0 Å². The Morgan fingerprint density at radius 2 is 1.76 bits per heavy atom. The van der Waals surface area contributed by atoms with Crippen molar-refractivity contribution >= 4 is 23.2 Å². The van der Waals surface area contributed by atoms with Gasteiger partial charge in [0.25, 0.3) is 5.91 Å². The minimum atomic E-state index is -4.45. The molecule has 0 spiro atoms. The highest BCUT2D eigenvalue weighted by atomic mass is 19.4. The fourth-order valence-corrected chi connectivity index (χ4v) is 6.93. The number of ketones is 2. The number of nitrogens with zero attached hydrogens (tertiary/aromatic N) is 1. The number of aromatic hydroxyl groups is 1. The predicted molar refractivity (Wildman–Crippen MR) is 151 cm³/mol. The number of carbonyl (C=O) groups excluding carboxylic acids is 3. The van der Waals surface area contributed by atoms with E-state index in [-0.39, 0.29) is 52.8 Å². The normalized spacial score (nSPS) is 23.3. The molecule has 4 atom stereocenters. The molecule has 5 rings (SSSR count). The van der Waals surface area contributed by atoms with Crippen LogP contribution < -0.4 is 11.1 Å². The number of allylic oxidation sites excluding steroid dienone is 1. The highest BCUT2D eigenvalue weighted by molar-refractivity contribution is 6.28. The van der Waals surface area contributed by atoms with Crippen LogP contribution in [0.4, 0.5) is 22.0 Å². The number of phenolic OH excluding ortho intramolecular Hbond substituents is 1. The first-order chi connectivity index (χ1) is 21.0. The monoisotopic (exact) mass is 635 g/mol. The molecule has 0 bridgehead atoms. The van der Waals surface area contributed by atoms with Gasteiger partial charge in [-0.05, 0) is 68.1 Å². The molecule has 2 aromatic rings. The molecular weight excluding hydrogens is 605 g/mol. The van der Waals surface area contributed by atoms with Gasteiger partial charge in [0, 0.05) is 35.9 Å². The van der Waals surface area contributed by atoms with E-state index in [0.717, 1.165) is 12.1 Å². The second kappa shape index (κ2) is 11.6. The first kappa shape index (κ1) is 32.1. The number of rotatable bonds is 7. The van der Waals surface area contributed by atoms with Crippen molar-refractivity contribution in [2.75, 3.05) is 20.6 Å². The zero-order valence-corrected chi connectivity index (χ0v) is 24.1. The molecule has 14 heteroatoms. The van der Waals surface area contributed by atoms with Crippen LogP contribution in [0.3, 0.4) is 0 Å². The number of amides is 1. The van der Waals surface area contributed by atoms with Gasteiger partial charge in [-0.2, -0.15) is 13.2 Å². The summed E-state index contributed by atoms with van der Waals surface area (Å²) in [5, 5.41) is 36.3. The van der Waals surface area contributed by atoms with Gasteiger partial charge in [-0.3, -0.25) is 19.3 Å². The molecule has 1 fully saturated rings. The molecule has 0 aliphatic heterocycles. The summed E-state index contributed by atoms with van der Waals surface area (Å²) in [4.78, 5) is 41.1. The summed E-state index contributed by atoms with van der Waals surface area (Å²) in [5.74, 6) is -9.91. The summed E-state index contributed by atoms with van der Waals surface area (Å²) in [7, 11) is 3.15. The molecule has 0 aromatic heterocycles. The van der Waals surface area contributed by atoms with Crippen molar-refractivity contribution in [1.82, 2.24) is 10.2 Å². The van der Waals surface area contributed by atoms with Crippen molar-refractivity contribution in [3.63, 3.8) is 0 Å². The Morgan fingerprint density at radius 3 is 2.36 bits per heavy atom. The Balaban J connectivity index is 1.67. The third-order valence-corrected chi connectivity index (χ3v) is 8.77. The SMILES string of the molecule is CN(C)[C@@H]1C(O)=C(C(N)=O)C(=O)C2C(=O)C3=C(O)c4c(O)c(CNCCC(F)(F)F)cc(-c5ccc(F)cc5F)c4CC3CC21. The number of primary amides is 1. The van der Waals surface area contributed by atoms with E-state index in [2.05, 4.69) is 5.32 Å². The van der Waals surface area contributed by atoms with Gasteiger partial charge in [0.05, 0.1) is 23.9 Å². The number of fused-ring (bicyclic) bond motifs is 3. The van der Waals surface area contributed by atoms with E-state index < -0.39 is 94.9 Å². The van der Waals surface area contributed by atoms with Gasteiger partial charge in [0.2, 0.25) is 0 Å². The Bertz CT molecular complexity index is 1680. The van der Waals surface area contributed by atoms with Crippen LogP contribution in [-0.2, 0) is 27.3 Å². The maximum Gasteiger partial charge on any atom is 0.390 e. The number of benzene rings is 2. The number of hydrogen-bond donors (Lipinski definition) is 5. The van der Waals surface area contributed by atoms with Crippen LogP contribution in [0.1, 0.15) is 29.5 Å². The number of phenols is 1. The van der Waals surface area contributed by atoms with E-state index in [9.17, 15) is 47.3 Å². The van der Waals surface area contributed by atoms with E-state index in [1.165, 1.54) is 11.0 Å². The zero-order chi connectivity index (χ0) is 33.1. The lowest BCUT2D eigenvalue weighted by atomic mass is 9.59. The highest BCUT2D eigenvalue weighted by Crippen LogP contribution is 2.52. The van der Waals surface area contributed by atoms with E-state index in [1.54, 1.807) is 14.1 Å². The molecule has 6 N–H and O–H groups in total. The number of carbonyl (C=O) groups is 3. The number of Topliss-reactive ketones (excluding diaryl/α,β-unsaturated/α-hetero) is 2. The van der Waals surface area contributed by atoms with E-state index in [4.69, 9.17) is 5.73 Å². The second-order valence-corrected chi connectivity index (χ2v) is 11.8. The lowest BCUT2D eigenvalue weighted by Crippen LogP contribution is -2.55. The molecule has 2 aromatic carbocycles. The predicted octanol–water partition coefficient (Wildman–Crippen LogP) is 3.84. The largest absolute Gasteiger partial charge is 0.510 e. The van der Waals surface area contributed by atoms with Crippen molar-refractivity contribution in [3.8, 4) is 16.9 Å². The van der Waals surface area contributed by atoms with Crippen LogP contribution in [0.5, 0.6) is 5.75 Å².